The van der Waals surface area contributed by atoms with Crippen LogP contribution in [-0.2, 0) is 0 Å². The first-order valence-electron chi connectivity index (χ1n) is 11.7. The van der Waals surface area contributed by atoms with Crippen LogP contribution < -0.4 is 10.4 Å². The van der Waals surface area contributed by atoms with Crippen molar-refractivity contribution in [3.05, 3.63) is 125 Å². The first kappa shape index (κ1) is 21.7. The highest BCUT2D eigenvalue weighted by Crippen LogP contribution is 2.35. The van der Waals surface area contributed by atoms with E-state index in [1.807, 2.05) is 66.7 Å². The van der Waals surface area contributed by atoms with E-state index in [-0.39, 0.29) is 0 Å². The molecular formula is C32H22O4. The van der Waals surface area contributed by atoms with Crippen LogP contribution in [-0.4, -0.2) is 7.11 Å². The molecule has 4 aromatic carbocycles. The number of hydrogen-bond acceptors (Lipinski definition) is 4. The van der Waals surface area contributed by atoms with Gasteiger partial charge >= 0.3 is 5.63 Å². The lowest BCUT2D eigenvalue weighted by Gasteiger charge is -2.05. The van der Waals surface area contributed by atoms with E-state index < -0.39 is 5.63 Å². The fourth-order valence-electron chi connectivity index (χ4n) is 4.52. The zero-order valence-electron chi connectivity index (χ0n) is 19.6. The third-order valence-electron chi connectivity index (χ3n) is 6.36. The summed E-state index contributed by atoms with van der Waals surface area (Å²) in [4.78, 5) is 12.4. The van der Waals surface area contributed by atoms with Crippen LogP contribution in [0.15, 0.2) is 117 Å². The van der Waals surface area contributed by atoms with E-state index in [1.54, 1.807) is 13.4 Å². The van der Waals surface area contributed by atoms with Gasteiger partial charge in [-0.2, -0.15) is 0 Å². The van der Waals surface area contributed by atoms with Crippen molar-refractivity contribution in [3.8, 4) is 28.0 Å². The highest BCUT2D eigenvalue weighted by Gasteiger charge is 2.13. The van der Waals surface area contributed by atoms with E-state index >= 15 is 0 Å². The number of benzene rings is 4. The molecule has 0 saturated carbocycles. The maximum absolute atomic E-state index is 12.4. The Labute approximate surface area is 207 Å². The molecule has 2 aromatic heterocycles. The first-order chi connectivity index (χ1) is 17.7. The molecule has 36 heavy (non-hydrogen) atoms. The molecular weight excluding hydrogens is 448 g/mol. The maximum Gasteiger partial charge on any atom is 0.336 e. The molecule has 0 saturated heterocycles. The number of fused-ring (bicyclic) bond motifs is 2. The van der Waals surface area contributed by atoms with Crippen LogP contribution >= 0.6 is 0 Å². The number of furan rings is 1. The molecule has 0 aliphatic heterocycles. The van der Waals surface area contributed by atoms with Crippen LogP contribution in [0, 0.1) is 0 Å². The van der Waals surface area contributed by atoms with Crippen LogP contribution in [0.5, 0.6) is 5.75 Å². The molecule has 0 spiro atoms. The van der Waals surface area contributed by atoms with Gasteiger partial charge in [0, 0.05) is 28.0 Å². The lowest BCUT2D eigenvalue weighted by molar-refractivity contribution is 0.414. The van der Waals surface area contributed by atoms with Crippen molar-refractivity contribution in [2.75, 3.05) is 7.11 Å². The van der Waals surface area contributed by atoms with Crippen molar-refractivity contribution in [2.24, 2.45) is 0 Å². The smallest absolute Gasteiger partial charge is 0.336 e. The lowest BCUT2D eigenvalue weighted by Crippen LogP contribution is -1.97. The second kappa shape index (κ2) is 9.08. The van der Waals surface area contributed by atoms with Gasteiger partial charge in [-0.3, -0.25) is 0 Å². The minimum Gasteiger partial charge on any atom is -0.496 e. The molecule has 0 radical (unpaired) electrons. The van der Waals surface area contributed by atoms with Gasteiger partial charge in [0.25, 0.3) is 0 Å². The van der Waals surface area contributed by atoms with Gasteiger partial charge < -0.3 is 13.6 Å². The van der Waals surface area contributed by atoms with Crippen molar-refractivity contribution in [2.45, 2.75) is 0 Å². The SMILES string of the molecule is COc1ccccc1/C=C/c1cc(=O)oc2cc3c(-c4ccc(-c5ccccc5)cc4)coc3cc12. The summed E-state index contributed by atoms with van der Waals surface area (Å²) in [7, 11) is 1.64. The first-order valence-corrected chi connectivity index (χ1v) is 11.7. The van der Waals surface area contributed by atoms with E-state index in [4.69, 9.17) is 13.6 Å². The molecule has 4 nitrogen and oxygen atoms in total. The third kappa shape index (κ3) is 3.99. The van der Waals surface area contributed by atoms with Crippen molar-refractivity contribution >= 4 is 34.1 Å². The Morgan fingerprint density at radius 1 is 0.667 bits per heavy atom. The van der Waals surface area contributed by atoms with Gasteiger partial charge in [-0.15, -0.1) is 0 Å². The second-order valence-electron chi connectivity index (χ2n) is 8.53. The van der Waals surface area contributed by atoms with E-state index in [0.717, 1.165) is 49.9 Å². The predicted octanol–water partition coefficient (Wildman–Crippen LogP) is 8.05. The fourth-order valence-corrected chi connectivity index (χ4v) is 4.52. The summed E-state index contributed by atoms with van der Waals surface area (Å²) in [6.07, 6.45) is 5.58. The Kier molecular flexibility index (Phi) is 5.47. The van der Waals surface area contributed by atoms with Crippen molar-refractivity contribution < 1.29 is 13.6 Å². The van der Waals surface area contributed by atoms with Crippen LogP contribution in [0.1, 0.15) is 11.1 Å². The predicted molar refractivity (Wildman–Crippen MR) is 145 cm³/mol. The number of ether oxygens (including phenoxy) is 1. The summed E-state index contributed by atoms with van der Waals surface area (Å²) in [6, 6.07) is 31.7. The standard InChI is InChI=1S/C32H22O4/c1-34-29-10-6-5-9-24(29)15-16-25-17-32(33)36-31-19-27-28(20-35-30(27)18-26(25)31)23-13-11-22(12-14-23)21-7-3-2-4-8-21/h2-20H,1H3/b16-15+. The molecule has 6 rings (SSSR count). The molecule has 0 fully saturated rings. The van der Waals surface area contributed by atoms with Gasteiger partial charge in [-0.05, 0) is 40.5 Å². The summed E-state index contributed by atoms with van der Waals surface area (Å²) in [5.74, 6) is 0.761. The summed E-state index contributed by atoms with van der Waals surface area (Å²) < 4.78 is 17.0. The molecule has 0 bridgehead atoms. The van der Waals surface area contributed by atoms with E-state index in [9.17, 15) is 4.79 Å². The molecule has 0 unspecified atom stereocenters. The van der Waals surface area contributed by atoms with E-state index in [1.165, 1.54) is 11.6 Å². The number of rotatable bonds is 5. The summed E-state index contributed by atoms with van der Waals surface area (Å²) >= 11 is 0. The van der Waals surface area contributed by atoms with E-state index in [2.05, 4.69) is 36.4 Å². The Bertz CT molecular complexity index is 1770. The highest BCUT2D eigenvalue weighted by molar-refractivity contribution is 6.03. The molecule has 2 heterocycles. The Morgan fingerprint density at radius 2 is 1.33 bits per heavy atom. The van der Waals surface area contributed by atoms with Crippen LogP contribution in [0.3, 0.4) is 0 Å². The Hall–Kier alpha value is -4.83. The average Bonchev–Trinajstić information content (AvgIpc) is 3.34. The van der Waals surface area contributed by atoms with Crippen LogP contribution in [0.2, 0.25) is 0 Å². The van der Waals surface area contributed by atoms with Gasteiger partial charge in [0.1, 0.15) is 16.9 Å². The minimum atomic E-state index is -0.404. The Balaban J connectivity index is 1.42. The monoisotopic (exact) mass is 470 g/mol. The number of methoxy groups -OCH3 is 1. The largest absolute Gasteiger partial charge is 0.496 e. The van der Waals surface area contributed by atoms with E-state index in [0.29, 0.717) is 5.58 Å². The lowest BCUT2D eigenvalue weighted by atomic mass is 9.99. The van der Waals surface area contributed by atoms with Gasteiger partial charge in [0.2, 0.25) is 0 Å². The molecule has 174 valence electrons. The number of para-hydroxylation sites is 1. The topological polar surface area (TPSA) is 52.6 Å². The zero-order chi connectivity index (χ0) is 24.5. The minimum absolute atomic E-state index is 0.404. The van der Waals surface area contributed by atoms with Gasteiger partial charge in [0.05, 0.1) is 13.4 Å². The van der Waals surface area contributed by atoms with Crippen molar-refractivity contribution in [1.29, 1.82) is 0 Å². The average molecular weight is 471 g/mol. The number of hydrogen-bond donors (Lipinski definition) is 0. The molecule has 6 aromatic rings. The quantitative estimate of drug-likeness (QED) is 0.239. The van der Waals surface area contributed by atoms with Crippen molar-refractivity contribution in [1.82, 2.24) is 0 Å². The van der Waals surface area contributed by atoms with Crippen LogP contribution in [0.4, 0.5) is 0 Å². The second-order valence-corrected chi connectivity index (χ2v) is 8.53. The summed E-state index contributed by atoms with van der Waals surface area (Å²) in [5.41, 5.74) is 6.80. The molecule has 4 heteroatoms. The summed E-state index contributed by atoms with van der Waals surface area (Å²) in [5, 5.41) is 1.69. The maximum atomic E-state index is 12.4. The molecule has 0 N–H and O–H groups in total. The molecule has 0 amide bonds. The fraction of sp³-hybridized carbons (Fsp3) is 0.0312. The third-order valence-corrected chi connectivity index (χ3v) is 6.36. The Morgan fingerprint density at radius 3 is 2.14 bits per heavy atom. The van der Waals surface area contributed by atoms with Crippen molar-refractivity contribution in [3.63, 3.8) is 0 Å². The molecule has 0 aliphatic carbocycles. The van der Waals surface area contributed by atoms with Gasteiger partial charge in [0.15, 0.2) is 0 Å². The van der Waals surface area contributed by atoms with Crippen LogP contribution in [0.25, 0.3) is 56.3 Å². The molecule has 0 atom stereocenters. The zero-order valence-corrected chi connectivity index (χ0v) is 19.6. The molecule has 0 aliphatic rings. The summed E-state index contributed by atoms with van der Waals surface area (Å²) in [6.45, 7) is 0. The highest BCUT2D eigenvalue weighted by atomic mass is 16.5. The van der Waals surface area contributed by atoms with Gasteiger partial charge in [-0.25, -0.2) is 4.79 Å². The normalized spacial score (nSPS) is 11.5. The van der Waals surface area contributed by atoms with Gasteiger partial charge in [-0.1, -0.05) is 84.9 Å².